The number of carbonyl (C=O) groups is 2. The second kappa shape index (κ2) is 10.2. The molecule has 0 fully saturated rings. The van der Waals surface area contributed by atoms with Crippen LogP contribution in [-0.4, -0.2) is 21.7 Å². The Kier molecular flexibility index (Phi) is 6.73. The third-order valence-electron chi connectivity index (χ3n) is 5.52. The summed E-state index contributed by atoms with van der Waals surface area (Å²) in [6.07, 6.45) is -3.53. The number of furan rings is 2. The Morgan fingerprint density at radius 2 is 1.90 bits per heavy atom. The molecule has 3 N–H and O–H groups in total. The van der Waals surface area contributed by atoms with Gasteiger partial charge in [0.2, 0.25) is 0 Å². The van der Waals surface area contributed by atoms with Gasteiger partial charge in [-0.05, 0) is 42.5 Å². The number of nitrogens with zero attached hydrogens (tertiary/aromatic N) is 2. The second-order valence-electron chi connectivity index (χ2n) is 8.14. The van der Waals surface area contributed by atoms with Crippen LogP contribution in [0.15, 0.2) is 69.7 Å². The van der Waals surface area contributed by atoms with Crippen LogP contribution >= 0.6 is 11.3 Å². The van der Waals surface area contributed by atoms with E-state index < -0.39 is 28.6 Å². The number of nitrogens with one attached hydrogen (secondary N) is 1. The number of rotatable bonds is 8. The van der Waals surface area contributed by atoms with Crippen LogP contribution in [0.25, 0.3) is 21.5 Å². The lowest BCUT2D eigenvalue weighted by atomic mass is 10.1. The van der Waals surface area contributed by atoms with Crippen molar-refractivity contribution < 1.29 is 41.3 Å². The van der Waals surface area contributed by atoms with Crippen molar-refractivity contribution in [1.29, 1.82) is 0 Å². The van der Waals surface area contributed by atoms with E-state index in [1.165, 1.54) is 54.8 Å². The van der Waals surface area contributed by atoms with Crippen molar-refractivity contribution in [3.8, 4) is 17.1 Å². The molecule has 11 nitrogen and oxygen atoms in total. The van der Waals surface area contributed by atoms with Gasteiger partial charge in [-0.2, -0.15) is 13.2 Å². The molecule has 5 rings (SSSR count). The number of thiophene rings is 1. The Bertz CT molecular complexity index is 1740. The Morgan fingerprint density at radius 3 is 2.52 bits per heavy atom. The summed E-state index contributed by atoms with van der Waals surface area (Å²) in [5, 5.41) is 13.3. The van der Waals surface area contributed by atoms with Gasteiger partial charge in [-0.15, -0.1) is 11.3 Å². The summed E-state index contributed by atoms with van der Waals surface area (Å²) in [5.74, 6) is -1.42. The summed E-state index contributed by atoms with van der Waals surface area (Å²) >= 11 is 0.590. The number of anilines is 1. The number of ether oxygens (including phenoxy) is 1. The van der Waals surface area contributed by atoms with Crippen molar-refractivity contribution in [3.63, 3.8) is 0 Å². The molecule has 0 spiro atoms. The first-order chi connectivity index (χ1) is 19.0. The number of pyridine rings is 1. The Hall–Kier alpha value is -5.18. The van der Waals surface area contributed by atoms with Gasteiger partial charge in [0.25, 0.3) is 17.5 Å². The molecule has 0 saturated carbocycles. The Labute approximate surface area is 225 Å². The summed E-state index contributed by atoms with van der Waals surface area (Å²) in [7, 11) is 0. The summed E-state index contributed by atoms with van der Waals surface area (Å²) in [4.78, 5) is 38.7. The monoisotopic (exact) mass is 572 g/mol. The molecular formula is C25H15F3N4O7S. The molecule has 0 bridgehead atoms. The lowest BCUT2D eigenvalue weighted by Crippen LogP contribution is -2.16. The zero-order chi connectivity index (χ0) is 28.6. The average molecular weight is 572 g/mol. The number of nitro groups is 1. The molecule has 0 radical (unpaired) electrons. The molecule has 2 amide bonds. The van der Waals surface area contributed by atoms with Gasteiger partial charge in [0.15, 0.2) is 5.76 Å². The fraction of sp³-hybridized carbons (Fsp3) is 0.0800. The van der Waals surface area contributed by atoms with E-state index in [1.54, 1.807) is 0 Å². The number of fused-ring (bicyclic) bond motifs is 1. The average Bonchev–Trinajstić information content (AvgIpc) is 3.67. The molecule has 0 saturated heterocycles. The van der Waals surface area contributed by atoms with Crippen LogP contribution in [0.2, 0.25) is 0 Å². The lowest BCUT2D eigenvalue weighted by Gasteiger charge is -2.10. The summed E-state index contributed by atoms with van der Waals surface area (Å²) in [6, 6.07) is 11.8. The fourth-order valence-electron chi connectivity index (χ4n) is 3.73. The number of alkyl halides is 3. The highest BCUT2D eigenvalue weighted by molar-refractivity contribution is 7.21. The number of hydrogen-bond acceptors (Lipinski definition) is 9. The first-order valence-electron chi connectivity index (χ1n) is 11.2. The number of nitrogens with two attached hydrogens (primary N) is 1. The molecule has 15 heteroatoms. The van der Waals surface area contributed by atoms with Gasteiger partial charge < -0.3 is 24.6 Å². The highest BCUT2D eigenvalue weighted by atomic mass is 32.1. The number of benzene rings is 1. The minimum atomic E-state index is -4.79. The van der Waals surface area contributed by atoms with Gasteiger partial charge >= 0.3 is 6.18 Å². The quantitative estimate of drug-likeness (QED) is 0.169. The number of nitro benzene ring substituents is 1. The molecular weight excluding hydrogens is 557 g/mol. The van der Waals surface area contributed by atoms with Gasteiger partial charge in [0.05, 0.1) is 16.9 Å². The molecule has 0 unspecified atom stereocenters. The zero-order valence-electron chi connectivity index (χ0n) is 19.9. The maximum Gasteiger partial charge on any atom is 0.433 e. The summed E-state index contributed by atoms with van der Waals surface area (Å²) in [5.41, 5.74) is 3.95. The molecule has 204 valence electrons. The zero-order valence-corrected chi connectivity index (χ0v) is 20.7. The highest BCUT2D eigenvalue weighted by Gasteiger charge is 2.35. The summed E-state index contributed by atoms with van der Waals surface area (Å²) < 4.78 is 57.0. The van der Waals surface area contributed by atoms with Crippen molar-refractivity contribution in [3.05, 3.63) is 93.1 Å². The number of amides is 2. The van der Waals surface area contributed by atoms with E-state index in [4.69, 9.17) is 19.3 Å². The largest absolute Gasteiger partial charge is 0.486 e. The summed E-state index contributed by atoms with van der Waals surface area (Å²) in [6.45, 7) is -0.119. The molecule has 0 aliphatic rings. The third kappa shape index (κ3) is 5.22. The molecule has 40 heavy (non-hydrogen) atoms. The van der Waals surface area contributed by atoms with Crippen LogP contribution in [0.4, 0.5) is 24.5 Å². The first kappa shape index (κ1) is 26.4. The van der Waals surface area contributed by atoms with Crippen molar-refractivity contribution in [2.45, 2.75) is 12.8 Å². The number of halogens is 3. The van der Waals surface area contributed by atoms with E-state index in [9.17, 15) is 32.9 Å². The Balaban J connectivity index is 1.44. The molecule has 5 aromatic rings. The van der Waals surface area contributed by atoms with Crippen LogP contribution in [0.1, 0.15) is 31.7 Å². The molecule has 0 atom stereocenters. The number of non-ortho nitro benzene ring substituents is 1. The highest BCUT2D eigenvalue weighted by Crippen LogP contribution is 2.43. The number of primary amides is 1. The second-order valence-corrected chi connectivity index (χ2v) is 9.14. The van der Waals surface area contributed by atoms with Crippen LogP contribution in [0, 0.1) is 10.1 Å². The van der Waals surface area contributed by atoms with Crippen molar-refractivity contribution in [2.24, 2.45) is 5.73 Å². The predicted molar refractivity (Wildman–Crippen MR) is 135 cm³/mol. The maximum absolute atomic E-state index is 13.6. The lowest BCUT2D eigenvalue weighted by molar-refractivity contribution is -0.384. The van der Waals surface area contributed by atoms with E-state index in [-0.39, 0.29) is 55.9 Å². The predicted octanol–water partition coefficient (Wildman–Crippen LogP) is 6.01. The van der Waals surface area contributed by atoms with Crippen molar-refractivity contribution >= 4 is 44.7 Å². The number of hydrogen-bond donors (Lipinski definition) is 2. The standard InChI is InChI=1S/C25H15F3N4O7S/c26-25(27,28)18-10-15(16-2-1-9-37-16)19-20(21(22(29)33)40-24(19)30-18)31-23(34)17-8-7-14(39-17)11-38-13-5-3-12(4-6-13)32(35)36/h1-10H,11H2,(H2,29,33)(H,31,34). The third-order valence-corrected chi connectivity index (χ3v) is 6.61. The molecule has 0 aliphatic carbocycles. The minimum absolute atomic E-state index is 0.0309. The van der Waals surface area contributed by atoms with Crippen LogP contribution in [-0.2, 0) is 12.8 Å². The van der Waals surface area contributed by atoms with Crippen LogP contribution in [0.3, 0.4) is 0 Å². The Morgan fingerprint density at radius 1 is 1.15 bits per heavy atom. The van der Waals surface area contributed by atoms with Crippen LogP contribution < -0.4 is 15.8 Å². The maximum atomic E-state index is 13.6. The van der Waals surface area contributed by atoms with E-state index in [1.807, 2.05) is 0 Å². The van der Waals surface area contributed by atoms with Gasteiger partial charge in [-0.1, -0.05) is 0 Å². The van der Waals surface area contributed by atoms with E-state index in [0.717, 1.165) is 6.07 Å². The normalized spacial score (nSPS) is 11.5. The van der Waals surface area contributed by atoms with Gasteiger partial charge in [-0.25, -0.2) is 4.98 Å². The van der Waals surface area contributed by atoms with Crippen LogP contribution in [0.5, 0.6) is 5.75 Å². The molecule has 4 heterocycles. The van der Waals surface area contributed by atoms with Gasteiger partial charge in [0, 0.05) is 23.1 Å². The first-order valence-corrected chi connectivity index (χ1v) is 12.0. The van der Waals surface area contributed by atoms with E-state index >= 15 is 0 Å². The molecule has 4 aromatic heterocycles. The SMILES string of the molecule is NC(=O)c1sc2nc(C(F)(F)F)cc(-c3ccco3)c2c1NC(=O)c1ccc(COc2ccc([N+](=O)[O-])cc2)o1. The van der Waals surface area contributed by atoms with E-state index in [0.29, 0.717) is 17.1 Å². The molecule has 0 aliphatic heterocycles. The smallest absolute Gasteiger partial charge is 0.433 e. The minimum Gasteiger partial charge on any atom is -0.486 e. The van der Waals surface area contributed by atoms with Gasteiger partial charge in [0.1, 0.15) is 39.3 Å². The van der Waals surface area contributed by atoms with E-state index in [2.05, 4.69) is 10.3 Å². The van der Waals surface area contributed by atoms with Crippen molar-refractivity contribution in [1.82, 2.24) is 4.98 Å². The number of aromatic nitrogens is 1. The van der Waals surface area contributed by atoms with Crippen molar-refractivity contribution in [2.75, 3.05) is 5.32 Å². The van der Waals surface area contributed by atoms with Gasteiger partial charge in [-0.3, -0.25) is 19.7 Å². The molecule has 1 aromatic carbocycles. The fourth-order valence-corrected chi connectivity index (χ4v) is 4.74. The number of carbonyl (C=O) groups excluding carboxylic acids is 2. The topological polar surface area (TPSA) is 164 Å².